The second kappa shape index (κ2) is 4.59. The molecule has 0 bridgehead atoms. The van der Waals surface area contributed by atoms with Crippen LogP contribution in [-0.2, 0) is 6.42 Å². The van der Waals surface area contributed by atoms with Crippen LogP contribution in [0.3, 0.4) is 0 Å². The zero-order valence-corrected chi connectivity index (χ0v) is 10.9. The first kappa shape index (κ1) is 11.5. The number of carbonyl (C=O) groups is 1. The van der Waals surface area contributed by atoms with E-state index in [1.165, 1.54) is 5.56 Å². The number of carbonyl (C=O) groups excluding carboxylic acids is 1. The molecule has 0 aromatic carbocycles. The molecule has 0 radical (unpaired) electrons. The van der Waals surface area contributed by atoms with Crippen molar-refractivity contribution in [1.82, 2.24) is 9.88 Å². The maximum atomic E-state index is 12.5. The highest BCUT2D eigenvalue weighted by molar-refractivity contribution is 5.92. The van der Waals surface area contributed by atoms with Crippen LogP contribution in [0.15, 0.2) is 12.1 Å². The lowest BCUT2D eigenvalue weighted by Gasteiger charge is -2.31. The molecule has 2 aliphatic heterocycles. The van der Waals surface area contributed by atoms with E-state index in [1.807, 2.05) is 22.8 Å². The van der Waals surface area contributed by atoms with Gasteiger partial charge in [-0.05, 0) is 44.2 Å². The number of hydrogen-bond donors (Lipinski definition) is 0. The molecule has 18 heavy (non-hydrogen) atoms. The van der Waals surface area contributed by atoms with Gasteiger partial charge in [0.05, 0.1) is 0 Å². The summed E-state index contributed by atoms with van der Waals surface area (Å²) in [5, 5.41) is 0. The highest BCUT2D eigenvalue weighted by Crippen LogP contribution is 2.27. The van der Waals surface area contributed by atoms with E-state index >= 15 is 0 Å². The molecule has 1 aromatic heterocycles. The number of aromatic nitrogens is 1. The van der Waals surface area contributed by atoms with Gasteiger partial charge in [0, 0.05) is 25.3 Å². The van der Waals surface area contributed by atoms with Gasteiger partial charge < -0.3 is 4.90 Å². The maximum Gasteiger partial charge on any atom is 0.325 e. The van der Waals surface area contributed by atoms with E-state index in [0.717, 1.165) is 56.8 Å². The number of nitrogens with zero attached hydrogens (tertiary/aromatic N) is 3. The third-order valence-electron chi connectivity index (χ3n) is 3.79. The van der Waals surface area contributed by atoms with Gasteiger partial charge >= 0.3 is 6.03 Å². The lowest BCUT2D eigenvalue weighted by Crippen LogP contribution is -2.44. The molecule has 1 aromatic rings. The van der Waals surface area contributed by atoms with Crippen molar-refractivity contribution in [3.63, 3.8) is 0 Å². The monoisotopic (exact) mass is 245 g/mol. The van der Waals surface area contributed by atoms with E-state index in [-0.39, 0.29) is 6.03 Å². The lowest BCUT2D eigenvalue weighted by atomic mass is 10.1. The Morgan fingerprint density at radius 3 is 2.72 bits per heavy atom. The van der Waals surface area contributed by atoms with Crippen LogP contribution in [0.5, 0.6) is 0 Å². The summed E-state index contributed by atoms with van der Waals surface area (Å²) < 4.78 is 0. The van der Waals surface area contributed by atoms with E-state index in [1.54, 1.807) is 0 Å². The van der Waals surface area contributed by atoms with Gasteiger partial charge in [-0.25, -0.2) is 9.78 Å². The first-order valence-electron chi connectivity index (χ1n) is 6.79. The molecule has 0 atom stereocenters. The van der Waals surface area contributed by atoms with Crippen molar-refractivity contribution >= 4 is 11.8 Å². The summed E-state index contributed by atoms with van der Waals surface area (Å²) >= 11 is 0. The van der Waals surface area contributed by atoms with Crippen LogP contribution in [0.25, 0.3) is 0 Å². The minimum Gasteiger partial charge on any atom is -0.324 e. The molecule has 3 heterocycles. The quantitative estimate of drug-likeness (QED) is 0.703. The Morgan fingerprint density at radius 1 is 1.17 bits per heavy atom. The Balaban J connectivity index is 1.90. The fourth-order valence-electron chi connectivity index (χ4n) is 2.80. The summed E-state index contributed by atoms with van der Waals surface area (Å²) in [6.07, 6.45) is 4.34. The summed E-state index contributed by atoms with van der Waals surface area (Å²) in [4.78, 5) is 20.9. The van der Waals surface area contributed by atoms with Gasteiger partial charge in [0.2, 0.25) is 0 Å². The maximum absolute atomic E-state index is 12.5. The molecule has 0 aliphatic carbocycles. The summed E-state index contributed by atoms with van der Waals surface area (Å²) in [7, 11) is 0. The van der Waals surface area contributed by atoms with Crippen molar-refractivity contribution in [3.05, 3.63) is 23.4 Å². The van der Waals surface area contributed by atoms with Crippen molar-refractivity contribution in [2.45, 2.75) is 32.6 Å². The van der Waals surface area contributed by atoms with Crippen molar-refractivity contribution in [3.8, 4) is 0 Å². The van der Waals surface area contributed by atoms with Crippen LogP contribution in [-0.4, -0.2) is 35.5 Å². The van der Waals surface area contributed by atoms with Gasteiger partial charge in [-0.1, -0.05) is 6.07 Å². The van der Waals surface area contributed by atoms with Gasteiger partial charge in [0.25, 0.3) is 0 Å². The molecule has 96 valence electrons. The number of likely N-dealkylation sites (tertiary alicyclic amines) is 1. The smallest absolute Gasteiger partial charge is 0.324 e. The average Bonchev–Trinajstić information content (AvgIpc) is 2.91. The Hall–Kier alpha value is -1.58. The molecule has 0 unspecified atom stereocenters. The van der Waals surface area contributed by atoms with Crippen molar-refractivity contribution in [2.24, 2.45) is 0 Å². The molecule has 0 N–H and O–H groups in total. The molecule has 2 aliphatic rings. The summed E-state index contributed by atoms with van der Waals surface area (Å²) in [6, 6.07) is 4.29. The highest BCUT2D eigenvalue weighted by Gasteiger charge is 2.29. The van der Waals surface area contributed by atoms with Crippen LogP contribution in [0, 0.1) is 6.92 Å². The topological polar surface area (TPSA) is 36.4 Å². The molecular formula is C14H19N3O. The minimum atomic E-state index is 0.145. The van der Waals surface area contributed by atoms with Gasteiger partial charge in [-0.3, -0.25) is 4.90 Å². The number of anilines is 1. The Morgan fingerprint density at radius 2 is 1.94 bits per heavy atom. The second-order valence-electron chi connectivity index (χ2n) is 5.17. The molecular weight excluding hydrogens is 226 g/mol. The number of amides is 2. The number of fused-ring (bicyclic) bond motifs is 1. The Kier molecular flexibility index (Phi) is 2.94. The number of urea groups is 1. The first-order chi connectivity index (χ1) is 8.75. The summed E-state index contributed by atoms with van der Waals surface area (Å²) in [6.45, 7) is 4.58. The van der Waals surface area contributed by atoms with Crippen LogP contribution < -0.4 is 4.90 Å². The largest absolute Gasteiger partial charge is 0.325 e. The van der Waals surface area contributed by atoms with Gasteiger partial charge in [-0.15, -0.1) is 0 Å². The average molecular weight is 245 g/mol. The summed E-state index contributed by atoms with van der Waals surface area (Å²) in [5.41, 5.74) is 2.19. The molecule has 1 saturated heterocycles. The Labute approximate surface area is 108 Å². The predicted molar refractivity (Wildman–Crippen MR) is 70.8 cm³/mol. The third kappa shape index (κ3) is 1.96. The van der Waals surface area contributed by atoms with Gasteiger partial charge in [0.1, 0.15) is 5.82 Å². The van der Waals surface area contributed by atoms with E-state index in [2.05, 4.69) is 11.1 Å². The number of pyridine rings is 1. The molecule has 2 amide bonds. The molecule has 0 spiro atoms. The van der Waals surface area contributed by atoms with Crippen LogP contribution in [0.1, 0.15) is 30.5 Å². The molecule has 1 fully saturated rings. The van der Waals surface area contributed by atoms with E-state index < -0.39 is 0 Å². The standard InChI is InChI=1S/C14H19N3O/c1-11-6-7-12-5-4-10-17(13(12)15-11)14(18)16-8-2-3-9-16/h6-7H,2-5,8-10H2,1H3. The van der Waals surface area contributed by atoms with Crippen LogP contribution in [0.4, 0.5) is 10.6 Å². The summed E-state index contributed by atoms with van der Waals surface area (Å²) in [5.74, 6) is 0.887. The zero-order valence-electron chi connectivity index (χ0n) is 10.9. The predicted octanol–water partition coefficient (Wildman–Crippen LogP) is 2.36. The Bertz CT molecular complexity index is 466. The van der Waals surface area contributed by atoms with Crippen LogP contribution >= 0.6 is 0 Å². The van der Waals surface area contributed by atoms with E-state index in [4.69, 9.17) is 0 Å². The number of aryl methyl sites for hydroxylation is 2. The lowest BCUT2D eigenvalue weighted by molar-refractivity contribution is 0.214. The molecule has 3 rings (SSSR count). The van der Waals surface area contributed by atoms with Crippen molar-refractivity contribution in [1.29, 1.82) is 0 Å². The fourth-order valence-corrected chi connectivity index (χ4v) is 2.80. The van der Waals surface area contributed by atoms with E-state index in [9.17, 15) is 4.79 Å². The van der Waals surface area contributed by atoms with Gasteiger partial charge in [0.15, 0.2) is 0 Å². The number of rotatable bonds is 0. The number of hydrogen-bond acceptors (Lipinski definition) is 2. The van der Waals surface area contributed by atoms with Crippen LogP contribution in [0.2, 0.25) is 0 Å². The zero-order chi connectivity index (χ0) is 12.5. The molecule has 4 heteroatoms. The van der Waals surface area contributed by atoms with E-state index in [0.29, 0.717) is 0 Å². The normalized spacial score (nSPS) is 18.9. The van der Waals surface area contributed by atoms with Crippen molar-refractivity contribution in [2.75, 3.05) is 24.5 Å². The SMILES string of the molecule is Cc1ccc2c(n1)N(C(=O)N1CCCC1)CCC2. The molecule has 4 nitrogen and oxygen atoms in total. The van der Waals surface area contributed by atoms with Crippen molar-refractivity contribution < 1.29 is 4.79 Å². The second-order valence-corrected chi connectivity index (χ2v) is 5.17. The molecule has 0 saturated carbocycles. The fraction of sp³-hybridized carbons (Fsp3) is 0.571. The minimum absolute atomic E-state index is 0.145. The highest BCUT2D eigenvalue weighted by atomic mass is 16.2. The first-order valence-corrected chi connectivity index (χ1v) is 6.79. The third-order valence-corrected chi connectivity index (χ3v) is 3.79. The van der Waals surface area contributed by atoms with Gasteiger partial charge in [-0.2, -0.15) is 0 Å².